The number of hydrogen-bond donors (Lipinski definition) is 2. The normalized spacial score (nSPS) is 12.7. The number of nitrogens with one attached hydrogen (secondary N) is 1. The molecule has 6 nitrogen and oxygen atoms in total. The lowest BCUT2D eigenvalue weighted by Crippen LogP contribution is -2.24. The highest BCUT2D eigenvalue weighted by atomic mass is 31.2. The molecule has 176 valence electrons. The fraction of sp³-hybridized carbons (Fsp3) is 0.222. The van der Waals surface area contributed by atoms with Gasteiger partial charge in [0.2, 0.25) is 5.91 Å². The molecule has 34 heavy (non-hydrogen) atoms. The Morgan fingerprint density at radius 2 is 1.47 bits per heavy atom. The zero-order valence-corrected chi connectivity index (χ0v) is 20.1. The van der Waals surface area contributed by atoms with Crippen molar-refractivity contribution in [1.29, 1.82) is 0 Å². The summed E-state index contributed by atoms with van der Waals surface area (Å²) in [6.07, 6.45) is 0. The summed E-state index contributed by atoms with van der Waals surface area (Å²) >= 11 is 0. The second-order valence-electron chi connectivity index (χ2n) is 7.85. The third-order valence-electron chi connectivity index (χ3n) is 5.70. The van der Waals surface area contributed by atoms with E-state index in [2.05, 4.69) is 5.32 Å². The van der Waals surface area contributed by atoms with Gasteiger partial charge >= 0.3 is 7.60 Å². The maximum Gasteiger partial charge on any atom is 0.347 e. The largest absolute Gasteiger partial charge is 0.392 e. The average molecular weight is 477 g/mol. The van der Waals surface area contributed by atoms with Crippen molar-refractivity contribution in [2.45, 2.75) is 26.1 Å². The van der Waals surface area contributed by atoms with Crippen molar-refractivity contribution in [2.75, 3.05) is 18.5 Å². The van der Waals surface area contributed by atoms with Crippen LogP contribution in [0.1, 0.15) is 30.6 Å². The number of aliphatic hydroxyl groups is 1. The predicted octanol–water partition coefficient (Wildman–Crippen LogP) is 6.43. The lowest BCUT2D eigenvalue weighted by molar-refractivity contribution is -0.116. The molecular weight excluding hydrogens is 449 g/mol. The Bertz CT molecular complexity index is 1350. The van der Waals surface area contributed by atoms with Gasteiger partial charge in [-0.25, -0.2) is 0 Å². The van der Waals surface area contributed by atoms with E-state index in [1.807, 2.05) is 72.8 Å². The summed E-state index contributed by atoms with van der Waals surface area (Å²) in [6, 6.07) is 24.5. The summed E-state index contributed by atoms with van der Waals surface area (Å²) in [4.78, 5) is 13.8. The molecule has 4 rings (SSSR count). The summed E-state index contributed by atoms with van der Waals surface area (Å²) in [5.41, 5.74) is 0.381. The van der Waals surface area contributed by atoms with E-state index in [-0.39, 0.29) is 19.8 Å². The Morgan fingerprint density at radius 3 is 2.12 bits per heavy atom. The fourth-order valence-corrected chi connectivity index (χ4v) is 6.24. The Balaban J connectivity index is 1.85. The molecule has 0 bridgehead atoms. The minimum atomic E-state index is -3.90. The first-order chi connectivity index (χ1) is 16.5. The van der Waals surface area contributed by atoms with Gasteiger partial charge in [-0.3, -0.25) is 9.36 Å². The van der Waals surface area contributed by atoms with Crippen molar-refractivity contribution in [3.63, 3.8) is 0 Å². The molecule has 1 amide bonds. The highest BCUT2D eigenvalue weighted by Gasteiger charge is 2.43. The van der Waals surface area contributed by atoms with Gasteiger partial charge in [-0.15, -0.1) is 0 Å². The third-order valence-corrected chi connectivity index (χ3v) is 8.08. The second-order valence-corrected chi connectivity index (χ2v) is 9.96. The van der Waals surface area contributed by atoms with E-state index in [1.54, 1.807) is 19.9 Å². The van der Waals surface area contributed by atoms with Crippen molar-refractivity contribution in [2.24, 2.45) is 0 Å². The summed E-state index contributed by atoms with van der Waals surface area (Å²) in [7, 11) is -3.90. The number of aliphatic hydroxyl groups excluding tert-OH is 1. The van der Waals surface area contributed by atoms with Crippen molar-refractivity contribution < 1.29 is 23.5 Å². The van der Waals surface area contributed by atoms with E-state index in [9.17, 15) is 14.5 Å². The van der Waals surface area contributed by atoms with Gasteiger partial charge in [-0.2, -0.15) is 0 Å². The third kappa shape index (κ3) is 4.77. The number of anilines is 1. The molecule has 0 fully saturated rings. The van der Waals surface area contributed by atoms with Crippen LogP contribution in [0.15, 0.2) is 78.9 Å². The average Bonchev–Trinajstić information content (AvgIpc) is 2.84. The highest BCUT2D eigenvalue weighted by molar-refractivity contribution is 7.55. The molecule has 0 aliphatic carbocycles. The number of benzene rings is 4. The van der Waals surface area contributed by atoms with Crippen LogP contribution in [0.4, 0.5) is 5.69 Å². The summed E-state index contributed by atoms with van der Waals surface area (Å²) in [6.45, 7) is 3.44. The molecule has 2 N–H and O–H groups in total. The lowest BCUT2D eigenvalue weighted by Gasteiger charge is -2.27. The Labute approximate surface area is 199 Å². The number of carbonyl (C=O) groups is 1. The molecule has 0 saturated heterocycles. The molecule has 4 aromatic carbocycles. The summed E-state index contributed by atoms with van der Waals surface area (Å²) < 4.78 is 25.3. The summed E-state index contributed by atoms with van der Waals surface area (Å²) in [5, 5.41) is 16.4. The minimum absolute atomic E-state index is 0.129. The summed E-state index contributed by atoms with van der Waals surface area (Å²) in [5.74, 6) is -0.522. The first kappa shape index (κ1) is 24.1. The minimum Gasteiger partial charge on any atom is -0.392 e. The van der Waals surface area contributed by atoms with Crippen LogP contribution < -0.4 is 5.32 Å². The SMILES string of the molecule is CCOP(=O)(OCC)C(C(=O)Nc1cc2ccccc2cc1CO)c1cccc2ccccc12. The predicted molar refractivity (Wildman–Crippen MR) is 136 cm³/mol. The second kappa shape index (κ2) is 10.5. The van der Waals surface area contributed by atoms with Gasteiger partial charge in [0.1, 0.15) is 0 Å². The quantitative estimate of drug-likeness (QED) is 0.271. The molecule has 1 atom stereocenters. The van der Waals surface area contributed by atoms with Crippen LogP contribution in [0.5, 0.6) is 0 Å². The molecule has 4 aromatic rings. The van der Waals surface area contributed by atoms with Gasteiger partial charge in [0, 0.05) is 11.3 Å². The molecule has 0 aliphatic rings. The van der Waals surface area contributed by atoms with Crippen molar-refractivity contribution >= 4 is 40.7 Å². The van der Waals surface area contributed by atoms with E-state index in [0.29, 0.717) is 16.8 Å². The zero-order chi connectivity index (χ0) is 24.1. The van der Waals surface area contributed by atoms with Crippen LogP contribution in [0.3, 0.4) is 0 Å². The van der Waals surface area contributed by atoms with Crippen LogP contribution in [-0.4, -0.2) is 24.2 Å². The van der Waals surface area contributed by atoms with E-state index >= 15 is 0 Å². The number of fused-ring (bicyclic) bond motifs is 2. The first-order valence-electron chi connectivity index (χ1n) is 11.3. The van der Waals surface area contributed by atoms with Crippen LogP contribution in [-0.2, 0) is 25.0 Å². The number of carbonyl (C=O) groups excluding carboxylic acids is 1. The zero-order valence-electron chi connectivity index (χ0n) is 19.2. The first-order valence-corrected chi connectivity index (χ1v) is 12.9. The van der Waals surface area contributed by atoms with Gasteiger partial charge in [-0.1, -0.05) is 66.7 Å². The van der Waals surface area contributed by atoms with Gasteiger partial charge < -0.3 is 19.5 Å². The standard InChI is InChI=1S/C27H28NO5P/c1-3-32-34(31,33-4-2)26(24-15-9-13-19-10-7-8-14-23(19)24)27(30)28-25-17-21-12-6-5-11-20(21)16-22(25)18-29/h5-17,26,29H,3-4,18H2,1-2H3,(H,28,30). The van der Waals surface area contributed by atoms with Gasteiger partial charge in [0.25, 0.3) is 0 Å². The Kier molecular flexibility index (Phi) is 7.44. The van der Waals surface area contributed by atoms with E-state index in [4.69, 9.17) is 9.05 Å². The van der Waals surface area contributed by atoms with Crippen molar-refractivity contribution in [1.82, 2.24) is 0 Å². The van der Waals surface area contributed by atoms with E-state index in [1.165, 1.54) is 0 Å². The molecule has 0 radical (unpaired) electrons. The Morgan fingerprint density at radius 1 is 0.882 bits per heavy atom. The molecule has 0 aliphatic heterocycles. The smallest absolute Gasteiger partial charge is 0.347 e. The van der Waals surface area contributed by atoms with Crippen LogP contribution in [0.25, 0.3) is 21.5 Å². The van der Waals surface area contributed by atoms with Crippen molar-refractivity contribution in [3.05, 3.63) is 90.0 Å². The van der Waals surface area contributed by atoms with Crippen molar-refractivity contribution in [3.8, 4) is 0 Å². The molecule has 0 saturated carbocycles. The van der Waals surface area contributed by atoms with Crippen LogP contribution in [0, 0.1) is 0 Å². The maximum absolute atomic E-state index is 14.0. The number of hydrogen-bond acceptors (Lipinski definition) is 5. The van der Waals surface area contributed by atoms with E-state index in [0.717, 1.165) is 21.5 Å². The molecular formula is C27H28NO5P. The number of rotatable bonds is 9. The number of amides is 1. The maximum atomic E-state index is 14.0. The van der Waals surface area contributed by atoms with Crippen LogP contribution >= 0.6 is 7.60 Å². The highest BCUT2D eigenvalue weighted by Crippen LogP contribution is 2.62. The molecule has 0 spiro atoms. The van der Waals surface area contributed by atoms with Crippen LogP contribution in [0.2, 0.25) is 0 Å². The fourth-order valence-electron chi connectivity index (χ4n) is 4.23. The molecule has 1 unspecified atom stereocenters. The van der Waals surface area contributed by atoms with Gasteiger partial charge in [0.05, 0.1) is 19.8 Å². The lowest BCUT2D eigenvalue weighted by atomic mass is 10.0. The molecule has 0 heterocycles. The Hall–Kier alpha value is -3.02. The van der Waals surface area contributed by atoms with E-state index < -0.39 is 19.2 Å². The van der Waals surface area contributed by atoms with Gasteiger partial charge in [-0.05, 0) is 53.1 Å². The van der Waals surface area contributed by atoms with Gasteiger partial charge in [0.15, 0.2) is 5.66 Å². The monoisotopic (exact) mass is 477 g/mol. The topological polar surface area (TPSA) is 84.9 Å². The molecule has 7 heteroatoms. The molecule has 0 aromatic heterocycles.